The zero-order chi connectivity index (χ0) is 15.2. The fourth-order valence-corrected chi connectivity index (χ4v) is 3.59. The van der Waals surface area contributed by atoms with Crippen molar-refractivity contribution < 1.29 is 18.0 Å². The number of carbonyl (C=O) groups is 1. The topological polar surface area (TPSA) is 37.3 Å². The van der Waals surface area contributed by atoms with Gasteiger partial charge in [-0.1, -0.05) is 0 Å². The summed E-state index contributed by atoms with van der Waals surface area (Å²) in [6, 6.07) is 3.13. The highest BCUT2D eigenvalue weighted by Crippen LogP contribution is 2.33. The SMILES string of the molecule is CC1CC2CNCC2N1C(=O)c1cccn1CC(F)(F)F. The van der Waals surface area contributed by atoms with Crippen molar-refractivity contribution in [3.63, 3.8) is 0 Å². The zero-order valence-corrected chi connectivity index (χ0v) is 11.7. The molecule has 21 heavy (non-hydrogen) atoms. The molecule has 3 heterocycles. The Morgan fingerprint density at radius 2 is 2.19 bits per heavy atom. The second-order valence-electron chi connectivity index (χ2n) is 5.92. The largest absolute Gasteiger partial charge is 0.406 e. The van der Waals surface area contributed by atoms with Gasteiger partial charge in [0.25, 0.3) is 5.91 Å². The van der Waals surface area contributed by atoms with Crippen molar-refractivity contribution in [2.75, 3.05) is 13.1 Å². The van der Waals surface area contributed by atoms with E-state index in [4.69, 9.17) is 0 Å². The van der Waals surface area contributed by atoms with E-state index in [0.29, 0.717) is 5.92 Å². The number of aromatic nitrogens is 1. The Morgan fingerprint density at radius 1 is 1.43 bits per heavy atom. The number of fused-ring (bicyclic) bond motifs is 1. The Balaban J connectivity index is 1.84. The summed E-state index contributed by atoms with van der Waals surface area (Å²) in [6.45, 7) is 2.44. The lowest BCUT2D eigenvalue weighted by Crippen LogP contribution is -2.43. The molecule has 2 aliphatic rings. The lowest BCUT2D eigenvalue weighted by molar-refractivity contribution is -0.140. The molecular weight excluding hydrogens is 283 g/mol. The number of nitrogens with zero attached hydrogens (tertiary/aromatic N) is 2. The standard InChI is InChI=1S/C14H18F3N3O/c1-9-5-10-6-18-7-12(10)20(9)13(21)11-3-2-4-19(11)8-14(15,16)17/h2-4,9-10,12,18H,5-8H2,1H3. The zero-order valence-electron chi connectivity index (χ0n) is 11.7. The number of hydrogen-bond donors (Lipinski definition) is 1. The van der Waals surface area contributed by atoms with Crippen LogP contribution >= 0.6 is 0 Å². The van der Waals surface area contributed by atoms with Crippen molar-refractivity contribution in [3.05, 3.63) is 24.0 Å². The predicted octanol–water partition coefficient (Wildman–Crippen LogP) is 1.87. The van der Waals surface area contributed by atoms with Gasteiger partial charge in [0.1, 0.15) is 12.2 Å². The maximum atomic E-state index is 12.7. The number of rotatable bonds is 2. The quantitative estimate of drug-likeness (QED) is 0.905. The molecule has 0 saturated carbocycles. The first-order valence-corrected chi connectivity index (χ1v) is 7.12. The molecule has 4 nitrogen and oxygen atoms in total. The summed E-state index contributed by atoms with van der Waals surface area (Å²) in [7, 11) is 0. The third-order valence-electron chi connectivity index (χ3n) is 4.41. The molecule has 3 rings (SSSR count). The van der Waals surface area contributed by atoms with E-state index in [2.05, 4.69) is 5.32 Å². The molecule has 0 aromatic carbocycles. The van der Waals surface area contributed by atoms with Crippen molar-refractivity contribution in [3.8, 4) is 0 Å². The van der Waals surface area contributed by atoms with Crippen LogP contribution in [0.4, 0.5) is 13.2 Å². The highest BCUT2D eigenvalue weighted by atomic mass is 19.4. The summed E-state index contributed by atoms with van der Waals surface area (Å²) in [4.78, 5) is 14.4. The van der Waals surface area contributed by atoms with Crippen molar-refractivity contribution in [2.45, 2.75) is 38.1 Å². The van der Waals surface area contributed by atoms with E-state index in [1.165, 1.54) is 18.3 Å². The molecule has 116 valence electrons. The molecule has 0 aliphatic carbocycles. The van der Waals surface area contributed by atoms with E-state index in [1.807, 2.05) is 6.92 Å². The fraction of sp³-hybridized carbons (Fsp3) is 0.643. The van der Waals surface area contributed by atoms with Crippen LogP contribution in [0.15, 0.2) is 18.3 Å². The van der Waals surface area contributed by atoms with E-state index in [9.17, 15) is 18.0 Å². The van der Waals surface area contributed by atoms with Gasteiger partial charge in [-0.15, -0.1) is 0 Å². The van der Waals surface area contributed by atoms with Gasteiger partial charge in [0, 0.05) is 31.4 Å². The predicted molar refractivity (Wildman–Crippen MR) is 70.9 cm³/mol. The van der Waals surface area contributed by atoms with Crippen molar-refractivity contribution in [1.29, 1.82) is 0 Å². The molecule has 7 heteroatoms. The van der Waals surface area contributed by atoms with Gasteiger partial charge < -0.3 is 14.8 Å². The summed E-state index contributed by atoms with van der Waals surface area (Å²) < 4.78 is 38.7. The van der Waals surface area contributed by atoms with E-state index in [-0.39, 0.29) is 23.7 Å². The molecule has 3 unspecified atom stereocenters. The third-order valence-corrected chi connectivity index (χ3v) is 4.41. The van der Waals surface area contributed by atoms with Crippen LogP contribution < -0.4 is 5.32 Å². The molecule has 2 aliphatic heterocycles. The van der Waals surface area contributed by atoms with Gasteiger partial charge in [-0.3, -0.25) is 4.79 Å². The summed E-state index contributed by atoms with van der Waals surface area (Å²) in [5.74, 6) is 0.114. The smallest absolute Gasteiger partial charge is 0.334 e. The van der Waals surface area contributed by atoms with Crippen LogP contribution in [-0.4, -0.2) is 46.7 Å². The molecule has 3 atom stereocenters. The van der Waals surface area contributed by atoms with Crippen LogP contribution in [0, 0.1) is 5.92 Å². The van der Waals surface area contributed by atoms with Gasteiger partial charge in [0.15, 0.2) is 0 Å². The van der Waals surface area contributed by atoms with E-state index >= 15 is 0 Å². The van der Waals surface area contributed by atoms with Crippen LogP contribution in [0.25, 0.3) is 0 Å². The van der Waals surface area contributed by atoms with Gasteiger partial charge in [-0.05, 0) is 31.4 Å². The fourth-order valence-electron chi connectivity index (χ4n) is 3.59. The second-order valence-corrected chi connectivity index (χ2v) is 5.92. The highest BCUT2D eigenvalue weighted by molar-refractivity contribution is 5.93. The Morgan fingerprint density at radius 3 is 2.90 bits per heavy atom. The number of hydrogen-bond acceptors (Lipinski definition) is 2. The van der Waals surface area contributed by atoms with Crippen molar-refractivity contribution in [1.82, 2.24) is 14.8 Å². The highest BCUT2D eigenvalue weighted by Gasteiger charge is 2.45. The van der Waals surface area contributed by atoms with Gasteiger partial charge in [-0.2, -0.15) is 13.2 Å². The number of halogens is 3. The van der Waals surface area contributed by atoms with E-state index < -0.39 is 12.7 Å². The maximum absolute atomic E-state index is 12.7. The molecule has 2 saturated heterocycles. The Bertz CT molecular complexity index is 540. The second kappa shape index (κ2) is 5.05. The van der Waals surface area contributed by atoms with Crippen LogP contribution in [-0.2, 0) is 6.54 Å². The average molecular weight is 301 g/mol. The van der Waals surface area contributed by atoms with Gasteiger partial charge >= 0.3 is 6.18 Å². The minimum absolute atomic E-state index is 0.0730. The number of nitrogens with one attached hydrogen (secondary N) is 1. The minimum Gasteiger partial charge on any atom is -0.334 e. The summed E-state index contributed by atoms with van der Waals surface area (Å²) >= 11 is 0. The number of likely N-dealkylation sites (tertiary alicyclic amines) is 1. The average Bonchev–Trinajstić information content (AvgIpc) is 3.01. The van der Waals surface area contributed by atoms with Crippen molar-refractivity contribution in [2.24, 2.45) is 5.92 Å². The van der Waals surface area contributed by atoms with Crippen LogP contribution in [0.1, 0.15) is 23.8 Å². The number of alkyl halides is 3. The monoisotopic (exact) mass is 301 g/mol. The third kappa shape index (κ3) is 2.66. The lowest BCUT2D eigenvalue weighted by atomic mass is 10.0. The Hall–Kier alpha value is -1.50. The van der Waals surface area contributed by atoms with Crippen LogP contribution in [0.3, 0.4) is 0 Å². The minimum atomic E-state index is -4.33. The first-order chi connectivity index (χ1) is 9.87. The molecule has 1 aromatic rings. The van der Waals surface area contributed by atoms with E-state index in [0.717, 1.165) is 24.1 Å². The normalized spacial score (nSPS) is 29.0. The summed E-state index contributed by atoms with van der Waals surface area (Å²) in [5, 5.41) is 3.25. The van der Waals surface area contributed by atoms with Gasteiger partial charge in [0.2, 0.25) is 0 Å². The summed E-state index contributed by atoms with van der Waals surface area (Å²) in [6.07, 6.45) is -2.11. The molecule has 1 aromatic heterocycles. The lowest BCUT2D eigenvalue weighted by Gasteiger charge is -2.28. The summed E-state index contributed by atoms with van der Waals surface area (Å²) in [5.41, 5.74) is 0.117. The number of carbonyl (C=O) groups excluding carboxylic acids is 1. The van der Waals surface area contributed by atoms with Gasteiger partial charge in [-0.25, -0.2) is 0 Å². The van der Waals surface area contributed by atoms with Crippen molar-refractivity contribution >= 4 is 5.91 Å². The first kappa shape index (κ1) is 14.4. The molecular formula is C14H18F3N3O. The Kier molecular flexibility index (Phi) is 3.47. The van der Waals surface area contributed by atoms with E-state index in [1.54, 1.807) is 4.90 Å². The molecule has 1 amide bonds. The first-order valence-electron chi connectivity index (χ1n) is 7.12. The number of amides is 1. The Labute approximate surface area is 120 Å². The van der Waals surface area contributed by atoms with Crippen LogP contribution in [0.2, 0.25) is 0 Å². The molecule has 2 fully saturated rings. The molecule has 0 spiro atoms. The molecule has 0 radical (unpaired) electrons. The van der Waals surface area contributed by atoms with Crippen LogP contribution in [0.5, 0.6) is 0 Å². The molecule has 0 bridgehead atoms. The van der Waals surface area contributed by atoms with Gasteiger partial charge in [0.05, 0.1) is 0 Å². The molecule has 1 N–H and O–H groups in total. The maximum Gasteiger partial charge on any atom is 0.406 e.